The van der Waals surface area contributed by atoms with Crippen molar-refractivity contribution in [3.63, 3.8) is 0 Å². The van der Waals surface area contributed by atoms with Crippen molar-refractivity contribution in [2.75, 3.05) is 0 Å². The number of rotatable bonds is 1. The average Bonchev–Trinajstić information content (AvgIpc) is 2.08. The Labute approximate surface area is 64.5 Å². The summed E-state index contributed by atoms with van der Waals surface area (Å²) in [5.74, 6) is -1.27. The van der Waals surface area contributed by atoms with Crippen LogP contribution in [-0.2, 0) is 0 Å². The van der Waals surface area contributed by atoms with Crippen LogP contribution >= 0.6 is 0 Å². The van der Waals surface area contributed by atoms with Crippen LogP contribution in [0.15, 0.2) is 24.2 Å². The van der Waals surface area contributed by atoms with Crippen molar-refractivity contribution in [1.29, 1.82) is 0 Å². The van der Waals surface area contributed by atoms with E-state index in [9.17, 15) is 4.79 Å². The molecule has 0 heterocycles. The lowest BCUT2D eigenvalue weighted by atomic mass is 10.2. The molecule has 0 saturated heterocycles. The molecule has 0 fully saturated rings. The van der Waals surface area contributed by atoms with E-state index < -0.39 is 11.7 Å². The monoisotopic (exact) mass is 154 g/mol. The first-order valence-electron chi connectivity index (χ1n) is 3.40. The third-order valence-electron chi connectivity index (χ3n) is 1.18. The number of benzene rings is 1. The van der Waals surface area contributed by atoms with Crippen LogP contribution in [0.4, 0.5) is 0 Å². The SMILES string of the molecule is [2H]c1cccc(C(=O)NO)c1O. The maximum atomic E-state index is 10.8. The number of aromatic hydroxyl groups is 1. The van der Waals surface area contributed by atoms with Crippen LogP contribution in [0.2, 0.25) is 0 Å². The summed E-state index contributed by atoms with van der Waals surface area (Å²) in [7, 11) is 0. The molecule has 0 aliphatic heterocycles. The normalized spacial score (nSPS) is 10.5. The van der Waals surface area contributed by atoms with E-state index >= 15 is 0 Å². The van der Waals surface area contributed by atoms with Gasteiger partial charge in [-0.15, -0.1) is 0 Å². The number of nitrogens with one attached hydrogen (secondary N) is 1. The van der Waals surface area contributed by atoms with Gasteiger partial charge in [0.1, 0.15) is 5.75 Å². The number of hydrogen-bond acceptors (Lipinski definition) is 3. The smallest absolute Gasteiger partial charge is 0.278 e. The van der Waals surface area contributed by atoms with Crippen molar-refractivity contribution < 1.29 is 16.5 Å². The van der Waals surface area contributed by atoms with Crippen molar-refractivity contribution >= 4 is 5.91 Å². The topological polar surface area (TPSA) is 69.6 Å². The lowest BCUT2D eigenvalue weighted by Crippen LogP contribution is -2.18. The van der Waals surface area contributed by atoms with Gasteiger partial charge in [-0.25, -0.2) is 5.48 Å². The van der Waals surface area contributed by atoms with E-state index in [1.807, 2.05) is 0 Å². The van der Waals surface area contributed by atoms with E-state index in [2.05, 4.69) is 0 Å². The van der Waals surface area contributed by atoms with Gasteiger partial charge in [0.05, 0.1) is 6.93 Å². The fourth-order valence-corrected chi connectivity index (χ4v) is 0.672. The number of carbonyl (C=O) groups is 1. The van der Waals surface area contributed by atoms with Crippen molar-refractivity contribution in [2.45, 2.75) is 0 Å². The predicted octanol–water partition coefficient (Wildman–Crippen LogP) is 0.511. The Morgan fingerprint density at radius 2 is 2.36 bits per heavy atom. The number of phenolic OH excluding ortho intramolecular Hbond substituents is 1. The van der Waals surface area contributed by atoms with Gasteiger partial charge >= 0.3 is 0 Å². The van der Waals surface area contributed by atoms with Crippen molar-refractivity contribution in [2.24, 2.45) is 0 Å². The van der Waals surface area contributed by atoms with Crippen LogP contribution in [0, 0.1) is 0 Å². The summed E-state index contributed by atoms with van der Waals surface area (Å²) in [6.07, 6.45) is 0. The maximum Gasteiger partial charge on any atom is 0.278 e. The molecule has 3 N–H and O–H groups in total. The predicted molar refractivity (Wildman–Crippen MR) is 37.4 cm³/mol. The van der Waals surface area contributed by atoms with E-state index in [1.54, 1.807) is 0 Å². The van der Waals surface area contributed by atoms with Crippen LogP contribution < -0.4 is 5.48 Å². The van der Waals surface area contributed by atoms with Crippen molar-refractivity contribution in [3.8, 4) is 5.75 Å². The average molecular weight is 154 g/mol. The van der Waals surface area contributed by atoms with E-state index in [0.717, 1.165) is 0 Å². The summed E-state index contributed by atoms with van der Waals surface area (Å²) in [5.41, 5.74) is 1.25. The number of carbonyl (C=O) groups excluding carboxylic acids is 1. The molecule has 0 aliphatic carbocycles. The maximum absolute atomic E-state index is 10.8. The second-order valence-corrected chi connectivity index (χ2v) is 1.87. The third kappa shape index (κ3) is 1.47. The van der Waals surface area contributed by atoms with Gasteiger partial charge in [0.25, 0.3) is 5.91 Å². The molecule has 58 valence electrons. The van der Waals surface area contributed by atoms with E-state index in [4.69, 9.17) is 11.7 Å². The second kappa shape index (κ2) is 3.03. The van der Waals surface area contributed by atoms with Crippen LogP contribution in [-0.4, -0.2) is 16.2 Å². The molecular formula is C7H7NO3. The Hall–Kier alpha value is -1.55. The highest BCUT2D eigenvalue weighted by Gasteiger charge is 2.07. The zero-order chi connectivity index (χ0) is 9.14. The molecule has 0 spiro atoms. The summed E-state index contributed by atoms with van der Waals surface area (Å²) in [4.78, 5) is 10.8. The molecule has 1 aromatic carbocycles. The minimum atomic E-state index is -0.832. The molecule has 11 heavy (non-hydrogen) atoms. The zero-order valence-electron chi connectivity index (χ0n) is 6.53. The highest BCUT2D eigenvalue weighted by Crippen LogP contribution is 2.14. The third-order valence-corrected chi connectivity index (χ3v) is 1.18. The molecule has 0 unspecified atom stereocenters. The van der Waals surface area contributed by atoms with Crippen molar-refractivity contribution in [3.05, 3.63) is 29.8 Å². The Morgan fingerprint density at radius 1 is 1.64 bits per heavy atom. The number of phenols is 1. The fourth-order valence-electron chi connectivity index (χ4n) is 0.672. The Balaban J connectivity index is 3.16. The number of hydrogen-bond donors (Lipinski definition) is 3. The molecule has 0 aromatic heterocycles. The molecule has 0 atom stereocenters. The van der Waals surface area contributed by atoms with Gasteiger partial charge in [-0.1, -0.05) is 12.1 Å². The van der Waals surface area contributed by atoms with Gasteiger partial charge in [-0.05, 0) is 12.1 Å². The summed E-state index contributed by atoms with van der Waals surface area (Å²) in [6, 6.07) is 3.92. The van der Waals surface area contributed by atoms with E-state index in [0.29, 0.717) is 0 Å². The van der Waals surface area contributed by atoms with Gasteiger partial charge in [0, 0.05) is 0 Å². The highest BCUT2D eigenvalue weighted by molar-refractivity contribution is 5.95. The lowest BCUT2D eigenvalue weighted by Gasteiger charge is -1.99. The van der Waals surface area contributed by atoms with E-state index in [-0.39, 0.29) is 11.6 Å². The minimum absolute atomic E-state index is 0.120. The Kier molecular flexibility index (Phi) is 1.70. The molecule has 1 amide bonds. The first kappa shape index (κ1) is 6.18. The largest absolute Gasteiger partial charge is 0.507 e. The summed E-state index contributed by atoms with van der Waals surface area (Å²) >= 11 is 0. The molecule has 0 radical (unpaired) electrons. The van der Waals surface area contributed by atoms with E-state index in [1.165, 1.54) is 23.7 Å². The van der Waals surface area contributed by atoms with Crippen molar-refractivity contribution in [1.82, 2.24) is 5.48 Å². The standard InChI is InChI=1S/C7H7NO3/c9-6-4-2-1-3-5(6)7(10)8-11/h1-4,9,11H,(H,8,10)/i4D. The van der Waals surface area contributed by atoms with Crippen LogP contribution in [0.25, 0.3) is 0 Å². The number of amides is 1. The molecule has 0 bridgehead atoms. The fraction of sp³-hybridized carbons (Fsp3) is 0. The van der Waals surface area contributed by atoms with Gasteiger partial charge in [0.15, 0.2) is 0 Å². The summed E-state index contributed by atoms with van der Waals surface area (Å²) < 4.78 is 7.12. The first-order chi connectivity index (χ1) is 5.66. The highest BCUT2D eigenvalue weighted by atomic mass is 16.5. The van der Waals surface area contributed by atoms with Gasteiger partial charge in [0.2, 0.25) is 0 Å². The van der Waals surface area contributed by atoms with Gasteiger partial charge in [-0.3, -0.25) is 10.0 Å². The van der Waals surface area contributed by atoms with Crippen LogP contribution in [0.3, 0.4) is 0 Å². The molecule has 0 aliphatic rings. The van der Waals surface area contributed by atoms with Gasteiger partial charge in [-0.2, -0.15) is 0 Å². The Bertz CT molecular complexity index is 314. The first-order valence-corrected chi connectivity index (χ1v) is 2.90. The van der Waals surface area contributed by atoms with Gasteiger partial charge < -0.3 is 5.11 Å². The molecule has 1 aromatic rings. The summed E-state index contributed by atoms with van der Waals surface area (Å²) in [5, 5.41) is 17.4. The lowest BCUT2D eigenvalue weighted by molar-refractivity contribution is 0.0703. The quantitative estimate of drug-likeness (QED) is 0.407. The minimum Gasteiger partial charge on any atom is -0.507 e. The Morgan fingerprint density at radius 3 is 3.00 bits per heavy atom. The van der Waals surface area contributed by atoms with Crippen LogP contribution in [0.5, 0.6) is 5.75 Å². The molecule has 4 heteroatoms. The molecular weight excluding hydrogens is 146 g/mol. The number of hydroxylamine groups is 1. The van der Waals surface area contributed by atoms with Crippen LogP contribution in [0.1, 0.15) is 11.7 Å². The summed E-state index contributed by atoms with van der Waals surface area (Å²) in [6.45, 7) is 0. The zero-order valence-corrected chi connectivity index (χ0v) is 5.53. The number of para-hydroxylation sites is 1. The second-order valence-electron chi connectivity index (χ2n) is 1.87. The molecule has 0 saturated carbocycles. The molecule has 4 nitrogen and oxygen atoms in total. The molecule has 1 rings (SSSR count).